The Morgan fingerprint density at radius 2 is 2.00 bits per heavy atom. The van der Waals surface area contributed by atoms with Gasteiger partial charge in [-0.15, -0.1) is 0 Å². The Balaban J connectivity index is 2.23. The Labute approximate surface area is 104 Å². The molecule has 0 bridgehead atoms. The molecule has 1 aromatic rings. The number of hydrogen-bond acceptors (Lipinski definition) is 2. The van der Waals surface area contributed by atoms with Gasteiger partial charge in [0.15, 0.2) is 0 Å². The van der Waals surface area contributed by atoms with Crippen molar-refractivity contribution in [2.24, 2.45) is 5.92 Å². The van der Waals surface area contributed by atoms with Crippen LogP contribution < -0.4 is 4.74 Å². The van der Waals surface area contributed by atoms with Crippen LogP contribution in [0.4, 0.5) is 0 Å². The summed E-state index contributed by atoms with van der Waals surface area (Å²) in [7, 11) is 1.68. The second-order valence-electron chi connectivity index (χ2n) is 4.96. The van der Waals surface area contributed by atoms with E-state index in [9.17, 15) is 5.11 Å². The number of aliphatic hydroxyl groups is 1. The van der Waals surface area contributed by atoms with E-state index in [4.69, 9.17) is 4.74 Å². The van der Waals surface area contributed by atoms with Gasteiger partial charge in [-0.1, -0.05) is 25.8 Å². The van der Waals surface area contributed by atoms with Crippen LogP contribution in [0, 0.1) is 5.92 Å². The Kier molecular flexibility index (Phi) is 4.06. The first-order valence-electron chi connectivity index (χ1n) is 6.60. The topological polar surface area (TPSA) is 29.5 Å². The highest BCUT2D eigenvalue weighted by atomic mass is 16.5. The molecule has 0 heterocycles. The molecule has 0 spiro atoms. The third-order valence-corrected chi connectivity index (χ3v) is 3.82. The van der Waals surface area contributed by atoms with Crippen molar-refractivity contribution >= 4 is 0 Å². The predicted octanol–water partition coefficient (Wildman–Crippen LogP) is 3.48. The van der Waals surface area contributed by atoms with Gasteiger partial charge >= 0.3 is 0 Å². The lowest BCUT2D eigenvalue weighted by atomic mass is 9.93. The zero-order valence-electron chi connectivity index (χ0n) is 10.8. The minimum Gasteiger partial charge on any atom is -0.497 e. The van der Waals surface area contributed by atoms with Gasteiger partial charge in [-0.2, -0.15) is 0 Å². The van der Waals surface area contributed by atoms with Crippen LogP contribution in [0.25, 0.3) is 0 Å². The van der Waals surface area contributed by atoms with Crippen LogP contribution in [-0.2, 0) is 6.42 Å². The lowest BCUT2D eigenvalue weighted by Gasteiger charge is -2.19. The Morgan fingerprint density at radius 3 is 2.59 bits per heavy atom. The van der Waals surface area contributed by atoms with Gasteiger partial charge in [0.1, 0.15) is 5.75 Å². The second kappa shape index (κ2) is 5.54. The van der Waals surface area contributed by atoms with Crippen molar-refractivity contribution in [3.8, 4) is 5.75 Å². The summed E-state index contributed by atoms with van der Waals surface area (Å²) in [5.41, 5.74) is 2.25. The number of rotatable bonds is 4. The molecule has 94 valence electrons. The highest BCUT2D eigenvalue weighted by Gasteiger charge is 2.24. The molecule has 1 aliphatic rings. The van der Waals surface area contributed by atoms with E-state index in [0.29, 0.717) is 5.92 Å². The van der Waals surface area contributed by atoms with E-state index in [1.165, 1.54) is 18.4 Å². The van der Waals surface area contributed by atoms with Crippen LogP contribution in [0.15, 0.2) is 18.2 Å². The quantitative estimate of drug-likeness (QED) is 0.864. The molecule has 1 N–H and O–H groups in total. The Bertz CT molecular complexity index is 345. The Morgan fingerprint density at radius 1 is 1.29 bits per heavy atom. The summed E-state index contributed by atoms with van der Waals surface area (Å²) >= 11 is 0. The standard InChI is InChI=1S/C15H22O2/c1-3-11-8-13(10-14(9-11)17-2)15(16)12-6-4-5-7-12/h8-10,12,15-16H,3-7H2,1-2H3/t15-/m1/s1. The maximum absolute atomic E-state index is 10.4. The molecule has 0 saturated heterocycles. The molecule has 1 aromatic carbocycles. The average Bonchev–Trinajstić information content (AvgIpc) is 2.91. The summed E-state index contributed by atoms with van der Waals surface area (Å²) in [4.78, 5) is 0. The van der Waals surface area contributed by atoms with Crippen LogP contribution in [0.1, 0.15) is 49.8 Å². The molecule has 0 radical (unpaired) electrons. The third-order valence-electron chi connectivity index (χ3n) is 3.82. The van der Waals surface area contributed by atoms with Crippen molar-refractivity contribution in [1.29, 1.82) is 0 Å². The van der Waals surface area contributed by atoms with Crippen LogP contribution in [0.2, 0.25) is 0 Å². The van der Waals surface area contributed by atoms with Crippen molar-refractivity contribution in [3.05, 3.63) is 29.3 Å². The van der Waals surface area contributed by atoms with Gasteiger partial charge in [-0.3, -0.25) is 0 Å². The van der Waals surface area contributed by atoms with E-state index in [1.54, 1.807) is 7.11 Å². The van der Waals surface area contributed by atoms with Gasteiger partial charge in [-0.25, -0.2) is 0 Å². The maximum Gasteiger partial charge on any atom is 0.119 e. The Hall–Kier alpha value is -1.02. The number of methoxy groups -OCH3 is 1. The first-order chi connectivity index (χ1) is 8.24. The predicted molar refractivity (Wildman–Crippen MR) is 69.3 cm³/mol. The fraction of sp³-hybridized carbons (Fsp3) is 0.600. The summed E-state index contributed by atoms with van der Waals surface area (Å²) < 4.78 is 5.30. The van der Waals surface area contributed by atoms with E-state index < -0.39 is 0 Å². The fourth-order valence-electron chi connectivity index (χ4n) is 2.72. The van der Waals surface area contributed by atoms with E-state index in [1.807, 2.05) is 12.1 Å². The molecule has 1 fully saturated rings. The lowest BCUT2D eigenvalue weighted by Crippen LogP contribution is -2.09. The van der Waals surface area contributed by atoms with E-state index >= 15 is 0 Å². The molecular formula is C15H22O2. The first kappa shape index (κ1) is 12.4. The zero-order chi connectivity index (χ0) is 12.3. The molecule has 2 rings (SSSR count). The third kappa shape index (κ3) is 2.81. The zero-order valence-corrected chi connectivity index (χ0v) is 10.8. The number of aliphatic hydroxyl groups excluding tert-OH is 1. The number of benzene rings is 1. The summed E-state index contributed by atoms with van der Waals surface area (Å²) in [5, 5.41) is 10.4. The van der Waals surface area contributed by atoms with Crippen molar-refractivity contribution in [2.75, 3.05) is 7.11 Å². The van der Waals surface area contributed by atoms with Gasteiger partial charge < -0.3 is 9.84 Å². The molecule has 1 saturated carbocycles. The number of aryl methyl sites for hydroxylation is 1. The summed E-state index contributed by atoms with van der Waals surface area (Å²) in [6.45, 7) is 2.13. The molecule has 0 unspecified atom stereocenters. The largest absolute Gasteiger partial charge is 0.497 e. The van der Waals surface area contributed by atoms with Gasteiger partial charge in [-0.05, 0) is 48.4 Å². The van der Waals surface area contributed by atoms with Crippen LogP contribution in [-0.4, -0.2) is 12.2 Å². The minimum absolute atomic E-state index is 0.321. The second-order valence-corrected chi connectivity index (χ2v) is 4.96. The molecule has 0 amide bonds. The average molecular weight is 234 g/mol. The number of ether oxygens (including phenoxy) is 1. The van der Waals surface area contributed by atoms with Gasteiger partial charge in [0, 0.05) is 0 Å². The fourth-order valence-corrected chi connectivity index (χ4v) is 2.72. The summed E-state index contributed by atoms with van der Waals surface area (Å²) in [6, 6.07) is 6.14. The minimum atomic E-state index is -0.321. The molecular weight excluding hydrogens is 212 g/mol. The molecule has 0 aromatic heterocycles. The highest BCUT2D eigenvalue weighted by Crippen LogP contribution is 2.36. The SMILES string of the molecule is CCc1cc(OC)cc([C@H](O)C2CCCC2)c1. The normalized spacial score (nSPS) is 18.3. The maximum atomic E-state index is 10.4. The van der Waals surface area contributed by atoms with Crippen molar-refractivity contribution in [3.63, 3.8) is 0 Å². The van der Waals surface area contributed by atoms with Gasteiger partial charge in [0.05, 0.1) is 13.2 Å². The summed E-state index contributed by atoms with van der Waals surface area (Å²) in [6.07, 6.45) is 5.47. The molecule has 2 heteroatoms. The van der Waals surface area contributed by atoms with Crippen molar-refractivity contribution in [2.45, 2.75) is 45.1 Å². The molecule has 2 nitrogen and oxygen atoms in total. The number of hydrogen-bond donors (Lipinski definition) is 1. The monoisotopic (exact) mass is 234 g/mol. The van der Waals surface area contributed by atoms with Crippen molar-refractivity contribution < 1.29 is 9.84 Å². The lowest BCUT2D eigenvalue weighted by molar-refractivity contribution is 0.111. The smallest absolute Gasteiger partial charge is 0.119 e. The van der Waals surface area contributed by atoms with Gasteiger partial charge in [0.25, 0.3) is 0 Å². The van der Waals surface area contributed by atoms with Crippen LogP contribution >= 0.6 is 0 Å². The van der Waals surface area contributed by atoms with Crippen LogP contribution in [0.5, 0.6) is 5.75 Å². The van der Waals surface area contributed by atoms with E-state index in [0.717, 1.165) is 30.6 Å². The van der Waals surface area contributed by atoms with E-state index in [2.05, 4.69) is 13.0 Å². The van der Waals surface area contributed by atoms with E-state index in [-0.39, 0.29) is 6.10 Å². The molecule has 0 aliphatic heterocycles. The molecule has 17 heavy (non-hydrogen) atoms. The molecule has 1 aliphatic carbocycles. The van der Waals surface area contributed by atoms with Gasteiger partial charge in [0.2, 0.25) is 0 Å². The van der Waals surface area contributed by atoms with Crippen molar-refractivity contribution in [1.82, 2.24) is 0 Å². The first-order valence-corrected chi connectivity index (χ1v) is 6.60. The summed E-state index contributed by atoms with van der Waals surface area (Å²) in [5.74, 6) is 1.29. The molecule has 1 atom stereocenters. The van der Waals surface area contributed by atoms with Crippen LogP contribution in [0.3, 0.4) is 0 Å². The highest BCUT2D eigenvalue weighted by molar-refractivity contribution is 5.36.